The highest BCUT2D eigenvalue weighted by Gasteiger charge is 2.05. The predicted molar refractivity (Wildman–Crippen MR) is 53.0 cm³/mol. The third-order valence-electron chi connectivity index (χ3n) is 2.08. The topological polar surface area (TPSA) is 43.8 Å². The van der Waals surface area contributed by atoms with Crippen molar-refractivity contribution in [3.63, 3.8) is 0 Å². The fourth-order valence-electron chi connectivity index (χ4n) is 1.31. The predicted octanol–water partition coefficient (Wildman–Crippen LogP) is 1.81. The van der Waals surface area contributed by atoms with Gasteiger partial charge in [-0.2, -0.15) is 0 Å². The second-order valence-electron chi connectivity index (χ2n) is 3.10. The molecule has 2 aromatic rings. The monoisotopic (exact) mass is 191 g/mol. The van der Waals surface area contributed by atoms with Crippen LogP contribution in [0.1, 0.15) is 0 Å². The molecule has 0 spiro atoms. The van der Waals surface area contributed by atoms with Gasteiger partial charge in [0.2, 0.25) is 0 Å². The highest BCUT2D eigenvalue weighted by atomic mass is 19.1. The Morgan fingerprint density at radius 2 is 2.21 bits per heavy atom. The van der Waals surface area contributed by atoms with Gasteiger partial charge in [0, 0.05) is 25.0 Å². The number of nitrogens with zero attached hydrogens (tertiary/aromatic N) is 2. The number of benzene rings is 1. The van der Waals surface area contributed by atoms with Crippen molar-refractivity contribution in [3.05, 3.63) is 36.4 Å². The zero-order valence-corrected chi connectivity index (χ0v) is 7.74. The van der Waals surface area contributed by atoms with E-state index in [9.17, 15) is 4.39 Å². The molecule has 1 aromatic carbocycles. The maximum Gasteiger partial charge on any atom is 0.146 e. The zero-order valence-electron chi connectivity index (χ0n) is 7.74. The smallest absolute Gasteiger partial charge is 0.146 e. The van der Waals surface area contributed by atoms with Gasteiger partial charge in [-0.15, -0.1) is 0 Å². The third-order valence-corrected chi connectivity index (χ3v) is 2.08. The fourth-order valence-corrected chi connectivity index (χ4v) is 1.31. The molecule has 1 aromatic heterocycles. The first-order chi connectivity index (χ1) is 6.68. The summed E-state index contributed by atoms with van der Waals surface area (Å²) in [7, 11) is 1.86. The SMILES string of the molecule is Cn1ccnc1-c1ccc(N)c(F)c1. The lowest BCUT2D eigenvalue weighted by Gasteiger charge is -2.02. The summed E-state index contributed by atoms with van der Waals surface area (Å²) in [5, 5.41) is 0. The third kappa shape index (κ3) is 1.35. The molecule has 1 heterocycles. The summed E-state index contributed by atoms with van der Waals surface area (Å²) in [5.74, 6) is 0.314. The molecule has 2 rings (SSSR count). The van der Waals surface area contributed by atoms with Crippen LogP contribution in [0.2, 0.25) is 0 Å². The van der Waals surface area contributed by atoms with Crippen LogP contribution < -0.4 is 5.73 Å². The van der Waals surface area contributed by atoms with E-state index in [1.165, 1.54) is 6.07 Å². The van der Waals surface area contributed by atoms with Crippen molar-refractivity contribution < 1.29 is 4.39 Å². The van der Waals surface area contributed by atoms with Crippen molar-refractivity contribution >= 4 is 5.69 Å². The standard InChI is InChI=1S/C10H10FN3/c1-14-5-4-13-10(14)7-2-3-9(12)8(11)6-7/h2-6H,12H2,1H3. The van der Waals surface area contributed by atoms with E-state index >= 15 is 0 Å². The van der Waals surface area contributed by atoms with E-state index in [4.69, 9.17) is 5.73 Å². The minimum Gasteiger partial charge on any atom is -0.396 e. The Kier molecular flexibility index (Phi) is 1.96. The van der Waals surface area contributed by atoms with Crippen molar-refractivity contribution in [2.24, 2.45) is 7.05 Å². The molecule has 2 N–H and O–H groups in total. The van der Waals surface area contributed by atoms with Crippen LogP contribution >= 0.6 is 0 Å². The number of nitrogens with two attached hydrogens (primary N) is 1. The van der Waals surface area contributed by atoms with Gasteiger partial charge in [-0.05, 0) is 18.2 Å². The van der Waals surface area contributed by atoms with Crippen LogP contribution in [0.4, 0.5) is 10.1 Å². The lowest BCUT2D eigenvalue weighted by Crippen LogP contribution is -1.94. The Balaban J connectivity index is 2.53. The van der Waals surface area contributed by atoms with E-state index in [2.05, 4.69) is 4.98 Å². The highest BCUT2D eigenvalue weighted by Crippen LogP contribution is 2.20. The minimum absolute atomic E-state index is 0.156. The normalized spacial score (nSPS) is 10.4. The van der Waals surface area contributed by atoms with Crippen LogP contribution in [0.25, 0.3) is 11.4 Å². The average molecular weight is 191 g/mol. The van der Waals surface area contributed by atoms with Gasteiger partial charge in [0.1, 0.15) is 11.6 Å². The molecule has 3 nitrogen and oxygen atoms in total. The zero-order chi connectivity index (χ0) is 10.1. The number of nitrogen functional groups attached to an aromatic ring is 1. The van der Waals surface area contributed by atoms with Crippen LogP contribution in [0.3, 0.4) is 0 Å². The molecule has 0 bridgehead atoms. The van der Waals surface area contributed by atoms with Crippen LogP contribution in [-0.2, 0) is 7.05 Å². The number of hydrogen-bond donors (Lipinski definition) is 1. The summed E-state index contributed by atoms with van der Waals surface area (Å²) in [4.78, 5) is 4.11. The van der Waals surface area contributed by atoms with Gasteiger partial charge in [0.05, 0.1) is 5.69 Å². The van der Waals surface area contributed by atoms with Gasteiger partial charge in [0.15, 0.2) is 0 Å². The molecular formula is C10H10FN3. The summed E-state index contributed by atoms with van der Waals surface area (Å²) >= 11 is 0. The van der Waals surface area contributed by atoms with Gasteiger partial charge >= 0.3 is 0 Å². The summed E-state index contributed by atoms with van der Waals surface area (Å²) in [5.41, 5.74) is 6.26. The lowest BCUT2D eigenvalue weighted by molar-refractivity contribution is 0.632. The summed E-state index contributed by atoms with van der Waals surface area (Å²) in [6.07, 6.45) is 3.48. The molecule has 0 atom stereocenters. The van der Waals surface area contributed by atoms with Crippen molar-refractivity contribution in [1.82, 2.24) is 9.55 Å². The van der Waals surface area contributed by atoms with Gasteiger partial charge in [0.25, 0.3) is 0 Å². The van der Waals surface area contributed by atoms with E-state index in [1.54, 1.807) is 18.3 Å². The molecule has 0 radical (unpaired) electrons. The van der Waals surface area contributed by atoms with Crippen molar-refractivity contribution in [3.8, 4) is 11.4 Å². The van der Waals surface area contributed by atoms with Crippen molar-refractivity contribution in [2.45, 2.75) is 0 Å². The van der Waals surface area contributed by atoms with Gasteiger partial charge in [-0.1, -0.05) is 0 Å². The first kappa shape index (κ1) is 8.74. The van der Waals surface area contributed by atoms with Crippen LogP contribution in [0, 0.1) is 5.82 Å². The molecule has 0 amide bonds. The second kappa shape index (κ2) is 3.14. The van der Waals surface area contributed by atoms with Crippen LogP contribution in [0.15, 0.2) is 30.6 Å². The van der Waals surface area contributed by atoms with E-state index in [0.29, 0.717) is 0 Å². The van der Waals surface area contributed by atoms with Gasteiger partial charge in [-0.3, -0.25) is 0 Å². The molecule has 0 aliphatic rings. The van der Waals surface area contributed by atoms with Crippen molar-refractivity contribution in [2.75, 3.05) is 5.73 Å². The number of aryl methyl sites for hydroxylation is 1. The quantitative estimate of drug-likeness (QED) is 0.698. The lowest BCUT2D eigenvalue weighted by atomic mass is 10.2. The van der Waals surface area contributed by atoms with E-state index < -0.39 is 5.82 Å². The number of aromatic nitrogens is 2. The number of halogens is 1. The first-order valence-electron chi connectivity index (χ1n) is 4.21. The number of anilines is 1. The second-order valence-corrected chi connectivity index (χ2v) is 3.10. The van der Waals surface area contributed by atoms with E-state index in [-0.39, 0.29) is 5.69 Å². The van der Waals surface area contributed by atoms with Crippen molar-refractivity contribution in [1.29, 1.82) is 0 Å². The molecule has 0 fully saturated rings. The Bertz CT molecular complexity index is 462. The Morgan fingerprint density at radius 3 is 2.79 bits per heavy atom. The molecule has 0 saturated carbocycles. The van der Waals surface area contributed by atoms with Gasteiger partial charge < -0.3 is 10.3 Å². The largest absolute Gasteiger partial charge is 0.396 e. The highest BCUT2D eigenvalue weighted by molar-refractivity contribution is 5.59. The molecule has 72 valence electrons. The summed E-state index contributed by atoms with van der Waals surface area (Å²) in [6, 6.07) is 4.68. The summed E-state index contributed by atoms with van der Waals surface area (Å²) in [6.45, 7) is 0. The molecule has 0 aliphatic heterocycles. The first-order valence-corrected chi connectivity index (χ1v) is 4.21. The number of imidazole rings is 1. The number of rotatable bonds is 1. The van der Waals surface area contributed by atoms with Gasteiger partial charge in [-0.25, -0.2) is 9.37 Å². The van der Waals surface area contributed by atoms with E-state index in [0.717, 1.165) is 11.4 Å². The molecule has 14 heavy (non-hydrogen) atoms. The molecule has 0 aliphatic carbocycles. The fraction of sp³-hybridized carbons (Fsp3) is 0.100. The number of hydrogen-bond acceptors (Lipinski definition) is 2. The Morgan fingerprint density at radius 1 is 1.43 bits per heavy atom. The molecular weight excluding hydrogens is 181 g/mol. The molecule has 4 heteroatoms. The molecule has 0 unspecified atom stereocenters. The molecule has 0 saturated heterocycles. The average Bonchev–Trinajstić information content (AvgIpc) is 2.57. The van der Waals surface area contributed by atoms with E-state index in [1.807, 2.05) is 17.8 Å². The van der Waals surface area contributed by atoms with Crippen LogP contribution in [0.5, 0.6) is 0 Å². The van der Waals surface area contributed by atoms with Crippen LogP contribution in [-0.4, -0.2) is 9.55 Å². The Labute approximate surface area is 81.0 Å². The maximum atomic E-state index is 13.1. The maximum absolute atomic E-state index is 13.1. The minimum atomic E-state index is -0.412. The Hall–Kier alpha value is -1.84. The summed E-state index contributed by atoms with van der Waals surface area (Å²) < 4.78 is 15.0.